The van der Waals surface area contributed by atoms with Gasteiger partial charge in [0.05, 0.1) is 0 Å². The van der Waals surface area contributed by atoms with E-state index in [1.807, 2.05) is 18.4 Å². The smallest absolute Gasteiger partial charge is 0.330 e. The fraction of sp³-hybridized carbons (Fsp3) is 0.200. The quantitative estimate of drug-likeness (QED) is 0.533. The minimum absolute atomic E-state index is 0.527. The average molecular weight is 240 g/mol. The van der Waals surface area contributed by atoms with E-state index in [2.05, 4.69) is 5.32 Å². The van der Waals surface area contributed by atoms with Crippen molar-refractivity contribution in [1.82, 2.24) is 0 Å². The molecule has 0 aliphatic rings. The summed E-state index contributed by atoms with van der Waals surface area (Å²) in [7, 11) is 0. The van der Waals surface area contributed by atoms with Crippen LogP contribution in [0.2, 0.25) is 0 Å². The Morgan fingerprint density at radius 2 is 1.94 bits per heavy atom. The van der Waals surface area contributed by atoms with Crippen LogP contribution < -0.4 is 11.1 Å². The lowest BCUT2D eigenvalue weighted by molar-refractivity contribution is -0.141. The molecule has 86 valence electrons. The van der Waals surface area contributed by atoms with Gasteiger partial charge in [-0.3, -0.25) is 4.79 Å². The molecule has 0 bridgehead atoms. The van der Waals surface area contributed by atoms with Crippen LogP contribution in [0.15, 0.2) is 29.2 Å². The van der Waals surface area contributed by atoms with Gasteiger partial charge in [0.15, 0.2) is 6.04 Å². The third kappa shape index (κ3) is 3.25. The van der Waals surface area contributed by atoms with E-state index in [1.165, 1.54) is 0 Å². The molecule has 0 spiro atoms. The van der Waals surface area contributed by atoms with E-state index in [0.717, 1.165) is 4.90 Å². The average Bonchev–Trinajstić information content (AvgIpc) is 2.28. The summed E-state index contributed by atoms with van der Waals surface area (Å²) in [5.74, 6) is -2.08. The number of nitrogens with one attached hydrogen (secondary N) is 1. The molecule has 1 amide bonds. The second-order valence-electron chi connectivity index (χ2n) is 3.03. The first-order valence-corrected chi connectivity index (χ1v) is 5.70. The molecular weight excluding hydrogens is 228 g/mol. The second-order valence-corrected chi connectivity index (χ2v) is 3.91. The van der Waals surface area contributed by atoms with Crippen LogP contribution in [0.1, 0.15) is 0 Å². The first-order valence-electron chi connectivity index (χ1n) is 4.48. The number of benzene rings is 1. The molecule has 0 saturated carbocycles. The zero-order chi connectivity index (χ0) is 12.1. The zero-order valence-electron chi connectivity index (χ0n) is 8.64. The van der Waals surface area contributed by atoms with Crippen molar-refractivity contribution in [2.45, 2.75) is 10.9 Å². The normalized spacial score (nSPS) is 11.9. The van der Waals surface area contributed by atoms with Gasteiger partial charge >= 0.3 is 5.97 Å². The molecule has 0 saturated heterocycles. The Labute approximate surface area is 97.0 Å². The van der Waals surface area contributed by atoms with E-state index in [4.69, 9.17) is 10.8 Å². The summed E-state index contributed by atoms with van der Waals surface area (Å²) in [6, 6.07) is 5.50. The van der Waals surface area contributed by atoms with Crippen LogP contribution in [0, 0.1) is 0 Å². The minimum atomic E-state index is -1.54. The van der Waals surface area contributed by atoms with Crippen LogP contribution in [-0.2, 0) is 9.59 Å². The highest BCUT2D eigenvalue weighted by Gasteiger charge is 2.20. The third-order valence-electron chi connectivity index (χ3n) is 1.91. The highest BCUT2D eigenvalue weighted by molar-refractivity contribution is 7.98. The molecule has 0 radical (unpaired) electrons. The van der Waals surface area contributed by atoms with E-state index < -0.39 is 17.9 Å². The summed E-state index contributed by atoms with van der Waals surface area (Å²) in [5, 5.41) is 10.9. The Morgan fingerprint density at radius 3 is 2.38 bits per heavy atom. The van der Waals surface area contributed by atoms with Crippen molar-refractivity contribution < 1.29 is 14.7 Å². The predicted molar refractivity (Wildman–Crippen MR) is 62.5 cm³/mol. The van der Waals surface area contributed by atoms with E-state index in [0.29, 0.717) is 5.69 Å². The van der Waals surface area contributed by atoms with E-state index >= 15 is 0 Å². The van der Waals surface area contributed by atoms with Gasteiger partial charge in [0.1, 0.15) is 0 Å². The highest BCUT2D eigenvalue weighted by atomic mass is 32.2. The molecule has 1 aromatic carbocycles. The largest absolute Gasteiger partial charge is 0.480 e. The molecule has 0 aliphatic carbocycles. The highest BCUT2D eigenvalue weighted by Crippen LogP contribution is 2.17. The number of carboxylic acids is 1. The standard InChI is InChI=1S/C10H12N2O3S/c1-16-7-4-2-6(3-5-7)12-9(13)8(11)10(14)15/h2-5,8H,11H2,1H3,(H,12,13)(H,14,15). The van der Waals surface area contributed by atoms with Crippen molar-refractivity contribution in [3.05, 3.63) is 24.3 Å². The minimum Gasteiger partial charge on any atom is -0.480 e. The number of carbonyl (C=O) groups excluding carboxylic acids is 1. The van der Waals surface area contributed by atoms with Crippen LogP contribution in [-0.4, -0.2) is 29.3 Å². The molecule has 1 rings (SSSR count). The van der Waals surface area contributed by atoms with Crippen molar-refractivity contribution in [2.24, 2.45) is 5.73 Å². The Hall–Kier alpha value is -1.53. The number of hydrogen-bond donors (Lipinski definition) is 3. The van der Waals surface area contributed by atoms with Gasteiger partial charge in [-0.15, -0.1) is 11.8 Å². The Kier molecular flexibility index (Phi) is 4.33. The monoisotopic (exact) mass is 240 g/mol. The number of rotatable bonds is 4. The van der Waals surface area contributed by atoms with Gasteiger partial charge in [-0.25, -0.2) is 4.79 Å². The summed E-state index contributed by atoms with van der Waals surface area (Å²) in [6.45, 7) is 0. The molecule has 1 unspecified atom stereocenters. The van der Waals surface area contributed by atoms with Gasteiger partial charge in [-0.1, -0.05) is 0 Å². The molecule has 0 heterocycles. The first-order chi connectivity index (χ1) is 7.54. The Balaban J connectivity index is 2.66. The molecule has 4 N–H and O–H groups in total. The van der Waals surface area contributed by atoms with Crippen molar-refractivity contribution in [3.8, 4) is 0 Å². The summed E-state index contributed by atoms with van der Waals surface area (Å²) >= 11 is 1.58. The summed E-state index contributed by atoms with van der Waals surface area (Å²) < 4.78 is 0. The summed E-state index contributed by atoms with van der Waals surface area (Å²) in [5.41, 5.74) is 5.68. The van der Waals surface area contributed by atoms with Gasteiger partial charge < -0.3 is 16.2 Å². The van der Waals surface area contributed by atoms with E-state index in [9.17, 15) is 9.59 Å². The van der Waals surface area contributed by atoms with Crippen LogP contribution in [0.4, 0.5) is 5.69 Å². The van der Waals surface area contributed by atoms with Crippen LogP contribution in [0.25, 0.3) is 0 Å². The van der Waals surface area contributed by atoms with Crippen molar-refractivity contribution in [1.29, 1.82) is 0 Å². The molecule has 1 aromatic rings. The number of hydrogen-bond acceptors (Lipinski definition) is 4. The van der Waals surface area contributed by atoms with E-state index in [-0.39, 0.29) is 0 Å². The number of amides is 1. The Bertz CT molecular complexity index is 392. The number of aliphatic carboxylic acids is 1. The van der Waals surface area contributed by atoms with Crippen LogP contribution in [0.5, 0.6) is 0 Å². The van der Waals surface area contributed by atoms with Crippen molar-refractivity contribution in [3.63, 3.8) is 0 Å². The number of nitrogens with two attached hydrogens (primary N) is 1. The van der Waals surface area contributed by atoms with Gasteiger partial charge in [0.25, 0.3) is 5.91 Å². The third-order valence-corrected chi connectivity index (χ3v) is 2.65. The predicted octanol–water partition coefficient (Wildman–Crippen LogP) is 0.759. The lowest BCUT2D eigenvalue weighted by atomic mass is 10.2. The molecule has 1 atom stereocenters. The van der Waals surface area contributed by atoms with Gasteiger partial charge in [-0.2, -0.15) is 0 Å². The molecule has 0 aromatic heterocycles. The number of carboxylic acid groups (broad SMARTS) is 1. The molecule has 0 aliphatic heterocycles. The fourth-order valence-electron chi connectivity index (χ4n) is 1.01. The maximum atomic E-state index is 11.3. The van der Waals surface area contributed by atoms with Gasteiger partial charge in [0, 0.05) is 10.6 Å². The van der Waals surface area contributed by atoms with E-state index in [1.54, 1.807) is 23.9 Å². The van der Waals surface area contributed by atoms with Gasteiger partial charge in [0.2, 0.25) is 0 Å². The van der Waals surface area contributed by atoms with Crippen molar-refractivity contribution in [2.75, 3.05) is 11.6 Å². The van der Waals surface area contributed by atoms with Crippen LogP contribution >= 0.6 is 11.8 Å². The molecule has 6 heteroatoms. The number of thioether (sulfide) groups is 1. The fourth-order valence-corrected chi connectivity index (χ4v) is 1.41. The Morgan fingerprint density at radius 1 is 1.38 bits per heavy atom. The zero-order valence-corrected chi connectivity index (χ0v) is 9.45. The molecule has 16 heavy (non-hydrogen) atoms. The first kappa shape index (κ1) is 12.5. The molecular formula is C10H12N2O3S. The van der Waals surface area contributed by atoms with Gasteiger partial charge in [-0.05, 0) is 30.5 Å². The molecule has 5 nitrogen and oxygen atoms in total. The summed E-state index contributed by atoms with van der Waals surface area (Å²) in [4.78, 5) is 22.8. The maximum absolute atomic E-state index is 11.3. The molecule has 0 fully saturated rings. The lowest BCUT2D eigenvalue weighted by Crippen LogP contribution is -2.42. The number of carbonyl (C=O) groups is 2. The van der Waals surface area contributed by atoms with Crippen molar-refractivity contribution >= 4 is 29.3 Å². The lowest BCUT2D eigenvalue weighted by Gasteiger charge is -2.08. The van der Waals surface area contributed by atoms with Crippen LogP contribution in [0.3, 0.4) is 0 Å². The number of anilines is 1. The second kappa shape index (κ2) is 5.53. The topological polar surface area (TPSA) is 92.4 Å². The summed E-state index contributed by atoms with van der Waals surface area (Å²) in [6.07, 6.45) is 1.94. The SMILES string of the molecule is CSc1ccc(NC(=O)C(N)C(=O)O)cc1. The maximum Gasteiger partial charge on any atom is 0.330 e.